The van der Waals surface area contributed by atoms with Gasteiger partial charge in [-0.1, -0.05) is 54.1 Å². The zero-order chi connectivity index (χ0) is 13.5. The average molecular weight is 271 g/mol. The standard InChI is InChI=1S/C15H11ClN2O/c16-15-4-2-1-3-14(15)10-18-17-9-12-5-7-13(11-19)8-6-12/h1-11H. The third kappa shape index (κ3) is 3.86. The highest BCUT2D eigenvalue weighted by Crippen LogP contribution is 2.12. The van der Waals surface area contributed by atoms with Gasteiger partial charge < -0.3 is 0 Å². The van der Waals surface area contributed by atoms with Crippen LogP contribution in [0.15, 0.2) is 58.7 Å². The molecule has 0 saturated carbocycles. The largest absolute Gasteiger partial charge is 0.298 e. The summed E-state index contributed by atoms with van der Waals surface area (Å²) in [6, 6.07) is 14.5. The summed E-state index contributed by atoms with van der Waals surface area (Å²) in [5.74, 6) is 0. The van der Waals surface area contributed by atoms with Crippen LogP contribution in [-0.2, 0) is 0 Å². The Bertz CT molecular complexity index is 618. The molecule has 0 atom stereocenters. The number of rotatable bonds is 4. The Morgan fingerprint density at radius 1 is 0.842 bits per heavy atom. The lowest BCUT2D eigenvalue weighted by atomic mass is 10.2. The van der Waals surface area contributed by atoms with Gasteiger partial charge in [-0.15, -0.1) is 0 Å². The number of halogens is 1. The van der Waals surface area contributed by atoms with Gasteiger partial charge in [0.1, 0.15) is 6.29 Å². The van der Waals surface area contributed by atoms with Crippen LogP contribution in [0.5, 0.6) is 0 Å². The average Bonchev–Trinajstić information content (AvgIpc) is 2.46. The first-order chi connectivity index (χ1) is 9.29. The summed E-state index contributed by atoms with van der Waals surface area (Å²) in [7, 11) is 0. The van der Waals surface area contributed by atoms with E-state index in [1.54, 1.807) is 42.8 Å². The summed E-state index contributed by atoms with van der Waals surface area (Å²) in [4.78, 5) is 10.5. The molecule has 0 amide bonds. The molecule has 2 aromatic carbocycles. The highest BCUT2D eigenvalue weighted by Gasteiger charge is 1.93. The van der Waals surface area contributed by atoms with Crippen molar-refractivity contribution in [1.29, 1.82) is 0 Å². The molecule has 19 heavy (non-hydrogen) atoms. The monoisotopic (exact) mass is 270 g/mol. The molecule has 2 aromatic rings. The lowest BCUT2D eigenvalue weighted by Gasteiger charge is -1.94. The highest BCUT2D eigenvalue weighted by molar-refractivity contribution is 6.33. The van der Waals surface area contributed by atoms with Gasteiger partial charge in [-0.3, -0.25) is 4.79 Å². The lowest BCUT2D eigenvalue weighted by molar-refractivity contribution is 0.112. The third-order valence-electron chi connectivity index (χ3n) is 2.45. The molecule has 0 radical (unpaired) electrons. The fraction of sp³-hybridized carbons (Fsp3) is 0. The second kappa shape index (κ2) is 6.61. The van der Waals surface area contributed by atoms with Gasteiger partial charge in [-0.25, -0.2) is 0 Å². The Kier molecular flexibility index (Phi) is 4.59. The summed E-state index contributed by atoms with van der Waals surface area (Å²) in [5.41, 5.74) is 2.33. The number of benzene rings is 2. The minimum absolute atomic E-state index is 0.636. The maximum atomic E-state index is 10.5. The van der Waals surface area contributed by atoms with E-state index >= 15 is 0 Å². The second-order valence-corrected chi connectivity index (χ2v) is 4.20. The molecule has 0 aromatic heterocycles. The Morgan fingerprint density at radius 3 is 2.16 bits per heavy atom. The Hall–Kier alpha value is -2.26. The van der Waals surface area contributed by atoms with E-state index in [9.17, 15) is 4.79 Å². The van der Waals surface area contributed by atoms with E-state index in [1.807, 2.05) is 18.2 Å². The second-order valence-electron chi connectivity index (χ2n) is 3.80. The van der Waals surface area contributed by atoms with Gasteiger partial charge in [0.05, 0.1) is 12.4 Å². The van der Waals surface area contributed by atoms with E-state index in [4.69, 9.17) is 11.6 Å². The predicted octanol–water partition coefficient (Wildman–Crippen LogP) is 3.61. The molecular formula is C15H11ClN2O. The Balaban J connectivity index is 2.03. The van der Waals surface area contributed by atoms with Crippen molar-refractivity contribution < 1.29 is 4.79 Å². The van der Waals surface area contributed by atoms with Crippen LogP contribution in [0, 0.1) is 0 Å². The zero-order valence-electron chi connectivity index (χ0n) is 10.0. The maximum absolute atomic E-state index is 10.5. The van der Waals surface area contributed by atoms with E-state index in [-0.39, 0.29) is 0 Å². The van der Waals surface area contributed by atoms with Crippen LogP contribution in [0.25, 0.3) is 0 Å². The third-order valence-corrected chi connectivity index (χ3v) is 2.79. The zero-order valence-corrected chi connectivity index (χ0v) is 10.8. The number of hydrogen-bond donors (Lipinski definition) is 0. The number of carbonyl (C=O) groups excluding carboxylic acids is 1. The summed E-state index contributed by atoms with van der Waals surface area (Å²) >= 11 is 5.98. The minimum atomic E-state index is 0.636. The fourth-order valence-corrected chi connectivity index (χ4v) is 1.62. The van der Waals surface area contributed by atoms with Gasteiger partial charge in [0.25, 0.3) is 0 Å². The molecule has 0 bridgehead atoms. The van der Waals surface area contributed by atoms with E-state index in [0.717, 1.165) is 17.4 Å². The lowest BCUT2D eigenvalue weighted by Crippen LogP contribution is -1.84. The molecule has 3 nitrogen and oxygen atoms in total. The van der Waals surface area contributed by atoms with Crippen LogP contribution in [-0.4, -0.2) is 18.7 Å². The van der Waals surface area contributed by atoms with Crippen molar-refractivity contribution >= 4 is 30.3 Å². The minimum Gasteiger partial charge on any atom is -0.298 e. The quantitative estimate of drug-likeness (QED) is 0.475. The summed E-state index contributed by atoms with van der Waals surface area (Å²) in [5, 5.41) is 8.50. The summed E-state index contributed by atoms with van der Waals surface area (Å²) < 4.78 is 0. The molecule has 2 rings (SSSR count). The Labute approximate surface area is 116 Å². The summed E-state index contributed by atoms with van der Waals surface area (Å²) in [6.07, 6.45) is 4.01. The molecule has 94 valence electrons. The highest BCUT2D eigenvalue weighted by atomic mass is 35.5. The van der Waals surface area contributed by atoms with Gasteiger partial charge in [-0.05, 0) is 11.6 Å². The van der Waals surface area contributed by atoms with Crippen molar-refractivity contribution in [2.45, 2.75) is 0 Å². The first kappa shape index (κ1) is 13.2. The summed E-state index contributed by atoms with van der Waals surface area (Å²) in [6.45, 7) is 0. The molecule has 0 aliphatic rings. The number of carbonyl (C=O) groups is 1. The number of aldehydes is 1. The van der Waals surface area contributed by atoms with E-state index in [1.165, 1.54) is 0 Å². The van der Waals surface area contributed by atoms with Crippen LogP contribution < -0.4 is 0 Å². The molecule has 0 saturated heterocycles. The van der Waals surface area contributed by atoms with Crippen LogP contribution in [0.1, 0.15) is 21.5 Å². The Morgan fingerprint density at radius 2 is 1.47 bits per heavy atom. The molecule has 4 heteroatoms. The van der Waals surface area contributed by atoms with Crippen LogP contribution in [0.3, 0.4) is 0 Å². The molecule has 0 spiro atoms. The fourth-order valence-electron chi connectivity index (χ4n) is 1.44. The van der Waals surface area contributed by atoms with Crippen LogP contribution >= 0.6 is 11.6 Å². The maximum Gasteiger partial charge on any atom is 0.150 e. The first-order valence-electron chi connectivity index (χ1n) is 5.66. The van der Waals surface area contributed by atoms with Gasteiger partial charge >= 0.3 is 0 Å². The van der Waals surface area contributed by atoms with Crippen molar-refractivity contribution in [3.05, 3.63) is 70.2 Å². The smallest absolute Gasteiger partial charge is 0.150 e. The number of nitrogens with zero attached hydrogens (tertiary/aromatic N) is 2. The molecule has 0 heterocycles. The topological polar surface area (TPSA) is 41.8 Å². The van der Waals surface area contributed by atoms with Crippen molar-refractivity contribution in [2.75, 3.05) is 0 Å². The van der Waals surface area contributed by atoms with Gasteiger partial charge in [0.15, 0.2) is 0 Å². The molecule has 0 unspecified atom stereocenters. The molecule has 0 N–H and O–H groups in total. The van der Waals surface area contributed by atoms with Gasteiger partial charge in [-0.2, -0.15) is 10.2 Å². The van der Waals surface area contributed by atoms with Crippen molar-refractivity contribution in [2.24, 2.45) is 10.2 Å². The van der Waals surface area contributed by atoms with Crippen molar-refractivity contribution in [1.82, 2.24) is 0 Å². The van der Waals surface area contributed by atoms with Gasteiger partial charge in [0, 0.05) is 16.1 Å². The van der Waals surface area contributed by atoms with Gasteiger partial charge in [0.2, 0.25) is 0 Å². The van der Waals surface area contributed by atoms with Crippen molar-refractivity contribution in [3.63, 3.8) is 0 Å². The SMILES string of the molecule is O=Cc1ccc(C=NN=Cc2ccccc2Cl)cc1. The molecule has 0 aliphatic carbocycles. The van der Waals surface area contributed by atoms with Crippen molar-refractivity contribution in [3.8, 4) is 0 Å². The normalized spacial score (nSPS) is 11.2. The molecule has 0 aliphatic heterocycles. The molecular weight excluding hydrogens is 260 g/mol. The van der Waals surface area contributed by atoms with E-state index in [0.29, 0.717) is 10.6 Å². The predicted molar refractivity (Wildman–Crippen MR) is 78.5 cm³/mol. The van der Waals surface area contributed by atoms with E-state index in [2.05, 4.69) is 10.2 Å². The van der Waals surface area contributed by atoms with Crippen LogP contribution in [0.4, 0.5) is 0 Å². The van der Waals surface area contributed by atoms with E-state index < -0.39 is 0 Å². The first-order valence-corrected chi connectivity index (χ1v) is 6.03. The van der Waals surface area contributed by atoms with Crippen LogP contribution in [0.2, 0.25) is 5.02 Å². The molecule has 0 fully saturated rings. The number of hydrogen-bond acceptors (Lipinski definition) is 3.